The van der Waals surface area contributed by atoms with Gasteiger partial charge in [0.15, 0.2) is 0 Å². The zero-order chi connectivity index (χ0) is 14.7. The van der Waals surface area contributed by atoms with E-state index in [0.29, 0.717) is 10.5 Å². The van der Waals surface area contributed by atoms with Gasteiger partial charge in [0.05, 0.1) is 4.47 Å². The van der Waals surface area contributed by atoms with Crippen LogP contribution in [0.25, 0.3) is 0 Å². The maximum absolute atomic E-state index is 13.4. The molecule has 1 aliphatic rings. The van der Waals surface area contributed by atoms with Gasteiger partial charge in [0, 0.05) is 24.8 Å². The molecule has 0 aliphatic carbocycles. The topological polar surface area (TPSA) is 15.3 Å². The fourth-order valence-corrected chi connectivity index (χ4v) is 3.11. The molecule has 1 fully saturated rings. The van der Waals surface area contributed by atoms with Crippen LogP contribution in [0.3, 0.4) is 0 Å². The number of nitrogens with zero attached hydrogens (tertiary/aromatic N) is 1. The van der Waals surface area contributed by atoms with Crippen LogP contribution in [0.15, 0.2) is 53.0 Å². The highest BCUT2D eigenvalue weighted by atomic mass is 79.9. The predicted octanol–water partition coefficient (Wildman–Crippen LogP) is 4.13. The molecule has 4 heteroatoms. The summed E-state index contributed by atoms with van der Waals surface area (Å²) in [6.45, 7) is 2.87. The van der Waals surface area contributed by atoms with Gasteiger partial charge in [-0.05, 0) is 52.7 Å². The second-order valence-corrected chi connectivity index (χ2v) is 6.17. The Morgan fingerprint density at radius 1 is 1.14 bits per heavy atom. The molecule has 0 aromatic heterocycles. The van der Waals surface area contributed by atoms with Gasteiger partial charge in [-0.15, -0.1) is 0 Å². The molecule has 0 bridgehead atoms. The number of halogens is 2. The van der Waals surface area contributed by atoms with Gasteiger partial charge in [-0.2, -0.15) is 0 Å². The minimum Gasteiger partial charge on any atom is -0.370 e. The van der Waals surface area contributed by atoms with Gasteiger partial charge in [-0.1, -0.05) is 30.3 Å². The van der Waals surface area contributed by atoms with Crippen molar-refractivity contribution in [2.75, 3.05) is 24.5 Å². The highest BCUT2D eigenvalue weighted by Crippen LogP contribution is 2.26. The molecule has 2 aromatic carbocycles. The molecule has 1 aliphatic heterocycles. The van der Waals surface area contributed by atoms with E-state index in [1.165, 1.54) is 11.6 Å². The van der Waals surface area contributed by atoms with E-state index in [0.717, 1.165) is 31.7 Å². The molecule has 0 radical (unpaired) electrons. The van der Waals surface area contributed by atoms with Crippen LogP contribution in [-0.2, 0) is 0 Å². The predicted molar refractivity (Wildman–Crippen MR) is 88.1 cm³/mol. The average Bonchev–Trinajstić information content (AvgIpc) is 2.77. The van der Waals surface area contributed by atoms with Crippen molar-refractivity contribution in [3.63, 3.8) is 0 Å². The molecule has 0 spiro atoms. The highest BCUT2D eigenvalue weighted by Gasteiger charge is 2.19. The second kappa shape index (κ2) is 6.58. The van der Waals surface area contributed by atoms with Crippen molar-refractivity contribution in [2.45, 2.75) is 12.5 Å². The van der Waals surface area contributed by atoms with Gasteiger partial charge in [0.2, 0.25) is 0 Å². The van der Waals surface area contributed by atoms with E-state index < -0.39 is 0 Å². The molecular formula is C17H18BrFN2. The molecule has 1 saturated heterocycles. The average molecular weight is 349 g/mol. The molecule has 1 heterocycles. The molecule has 110 valence electrons. The maximum Gasteiger partial charge on any atom is 0.137 e. The molecule has 1 N–H and O–H groups in total. The Balaban J connectivity index is 1.83. The van der Waals surface area contributed by atoms with Crippen LogP contribution in [-0.4, -0.2) is 19.6 Å². The Morgan fingerprint density at radius 3 is 2.71 bits per heavy atom. The Labute approximate surface area is 133 Å². The first kappa shape index (κ1) is 14.5. The van der Waals surface area contributed by atoms with Crippen LogP contribution < -0.4 is 10.2 Å². The summed E-state index contributed by atoms with van der Waals surface area (Å²) in [5, 5.41) is 3.60. The summed E-state index contributed by atoms with van der Waals surface area (Å²) in [6.07, 6.45) is 1.08. The van der Waals surface area contributed by atoms with E-state index in [2.05, 4.69) is 50.4 Å². The monoisotopic (exact) mass is 348 g/mol. The SMILES string of the molecule is Fc1ccc(N2CCCNC(c3ccccc3)C2)cc1Br. The lowest BCUT2D eigenvalue weighted by molar-refractivity contribution is 0.569. The summed E-state index contributed by atoms with van der Waals surface area (Å²) in [7, 11) is 0. The third-order valence-electron chi connectivity index (χ3n) is 3.87. The number of hydrogen-bond acceptors (Lipinski definition) is 2. The van der Waals surface area contributed by atoms with Gasteiger partial charge in [-0.3, -0.25) is 0 Å². The van der Waals surface area contributed by atoms with E-state index in [-0.39, 0.29) is 5.82 Å². The zero-order valence-corrected chi connectivity index (χ0v) is 13.3. The Hall–Kier alpha value is -1.39. The molecule has 21 heavy (non-hydrogen) atoms. The van der Waals surface area contributed by atoms with Crippen LogP contribution in [0.4, 0.5) is 10.1 Å². The van der Waals surface area contributed by atoms with Crippen molar-refractivity contribution < 1.29 is 4.39 Å². The Kier molecular flexibility index (Phi) is 4.56. The van der Waals surface area contributed by atoms with Gasteiger partial charge in [0.25, 0.3) is 0 Å². The van der Waals surface area contributed by atoms with E-state index in [1.54, 1.807) is 0 Å². The number of hydrogen-bond donors (Lipinski definition) is 1. The standard InChI is InChI=1S/C17H18BrFN2/c18-15-11-14(7-8-16(15)19)21-10-4-9-20-17(12-21)13-5-2-1-3-6-13/h1-3,5-8,11,17,20H,4,9-10,12H2. The first-order chi connectivity index (χ1) is 10.2. The molecule has 1 atom stereocenters. The van der Waals surface area contributed by atoms with Gasteiger partial charge >= 0.3 is 0 Å². The number of benzene rings is 2. The highest BCUT2D eigenvalue weighted by molar-refractivity contribution is 9.10. The fourth-order valence-electron chi connectivity index (χ4n) is 2.75. The summed E-state index contributed by atoms with van der Waals surface area (Å²) >= 11 is 3.27. The summed E-state index contributed by atoms with van der Waals surface area (Å²) in [6, 6.07) is 16.0. The summed E-state index contributed by atoms with van der Waals surface area (Å²) in [4.78, 5) is 2.32. The maximum atomic E-state index is 13.4. The third kappa shape index (κ3) is 3.44. The van der Waals surface area contributed by atoms with Crippen molar-refractivity contribution in [3.05, 3.63) is 64.4 Å². The van der Waals surface area contributed by atoms with Crippen LogP contribution in [0.1, 0.15) is 18.0 Å². The van der Waals surface area contributed by atoms with Crippen molar-refractivity contribution in [2.24, 2.45) is 0 Å². The number of nitrogens with one attached hydrogen (secondary N) is 1. The molecule has 0 amide bonds. The van der Waals surface area contributed by atoms with E-state index in [4.69, 9.17) is 0 Å². The smallest absolute Gasteiger partial charge is 0.137 e. The van der Waals surface area contributed by atoms with Gasteiger partial charge in [0.1, 0.15) is 5.82 Å². The lowest BCUT2D eigenvalue weighted by atomic mass is 10.1. The van der Waals surface area contributed by atoms with Gasteiger partial charge in [-0.25, -0.2) is 4.39 Å². The lowest BCUT2D eigenvalue weighted by Crippen LogP contribution is -2.31. The van der Waals surface area contributed by atoms with Crippen molar-refractivity contribution in [3.8, 4) is 0 Å². The lowest BCUT2D eigenvalue weighted by Gasteiger charge is -2.27. The first-order valence-electron chi connectivity index (χ1n) is 7.22. The molecule has 2 aromatic rings. The zero-order valence-electron chi connectivity index (χ0n) is 11.7. The van der Waals surface area contributed by atoms with E-state index >= 15 is 0 Å². The summed E-state index contributed by atoms with van der Waals surface area (Å²) in [5.41, 5.74) is 2.36. The van der Waals surface area contributed by atoms with E-state index in [1.807, 2.05) is 18.2 Å². The molecule has 3 rings (SSSR count). The molecule has 0 saturated carbocycles. The van der Waals surface area contributed by atoms with Crippen molar-refractivity contribution in [1.82, 2.24) is 5.32 Å². The molecule has 1 unspecified atom stereocenters. The minimum atomic E-state index is -0.216. The normalized spacial score (nSPS) is 19.3. The van der Waals surface area contributed by atoms with Crippen LogP contribution >= 0.6 is 15.9 Å². The largest absolute Gasteiger partial charge is 0.370 e. The minimum absolute atomic E-state index is 0.216. The Bertz CT molecular complexity index is 603. The number of rotatable bonds is 2. The Morgan fingerprint density at radius 2 is 1.95 bits per heavy atom. The van der Waals surface area contributed by atoms with Crippen molar-refractivity contribution >= 4 is 21.6 Å². The fraction of sp³-hybridized carbons (Fsp3) is 0.294. The number of anilines is 1. The van der Waals surface area contributed by atoms with Gasteiger partial charge < -0.3 is 10.2 Å². The molecule has 2 nitrogen and oxygen atoms in total. The van der Waals surface area contributed by atoms with Crippen molar-refractivity contribution in [1.29, 1.82) is 0 Å². The first-order valence-corrected chi connectivity index (χ1v) is 8.01. The summed E-state index contributed by atoms with van der Waals surface area (Å²) in [5.74, 6) is -0.216. The third-order valence-corrected chi connectivity index (χ3v) is 4.48. The van der Waals surface area contributed by atoms with Crippen LogP contribution in [0.5, 0.6) is 0 Å². The quantitative estimate of drug-likeness (QED) is 0.877. The molecular weight excluding hydrogens is 331 g/mol. The van der Waals surface area contributed by atoms with E-state index in [9.17, 15) is 4.39 Å². The van der Waals surface area contributed by atoms with Crippen LogP contribution in [0.2, 0.25) is 0 Å². The summed E-state index contributed by atoms with van der Waals surface area (Å²) < 4.78 is 13.9. The van der Waals surface area contributed by atoms with Crippen LogP contribution in [0, 0.1) is 5.82 Å². The second-order valence-electron chi connectivity index (χ2n) is 5.32.